The molecule has 0 amide bonds. The van der Waals surface area contributed by atoms with Crippen molar-refractivity contribution in [2.75, 3.05) is 5.73 Å². The molecule has 16 heavy (non-hydrogen) atoms. The summed E-state index contributed by atoms with van der Waals surface area (Å²) in [5, 5.41) is 4.03. The summed E-state index contributed by atoms with van der Waals surface area (Å²) in [5.74, 6) is 0. The molecule has 0 aliphatic rings. The van der Waals surface area contributed by atoms with Crippen molar-refractivity contribution in [2.24, 2.45) is 0 Å². The Morgan fingerprint density at radius 1 is 1.25 bits per heavy atom. The smallest absolute Gasteiger partial charge is 0.257 e. The van der Waals surface area contributed by atoms with Gasteiger partial charge in [-0.1, -0.05) is 30.3 Å². The third-order valence-electron chi connectivity index (χ3n) is 2.16. The van der Waals surface area contributed by atoms with Crippen LogP contribution in [0.4, 0.5) is 14.5 Å². The Bertz CT molecular complexity index is 465. The lowest BCUT2D eigenvalue weighted by Crippen LogP contribution is -2.06. The van der Waals surface area contributed by atoms with Crippen molar-refractivity contribution in [1.82, 2.24) is 9.78 Å². The number of alkyl halides is 2. The molecule has 0 aliphatic heterocycles. The van der Waals surface area contributed by atoms with Crippen LogP contribution in [-0.2, 0) is 6.54 Å². The standard InChI is InChI=1S/C11H11F2N3/c12-10(13)7-16-6-9(14)11(15-16)8-4-2-1-3-5-8/h1-6,10H,7,14H2. The van der Waals surface area contributed by atoms with Crippen LogP contribution in [0.3, 0.4) is 0 Å². The average Bonchev–Trinajstić information content (AvgIpc) is 2.60. The second-order valence-electron chi connectivity index (χ2n) is 3.41. The van der Waals surface area contributed by atoms with Crippen LogP contribution in [0.15, 0.2) is 36.5 Å². The molecule has 0 spiro atoms. The Hall–Kier alpha value is -1.91. The Kier molecular flexibility index (Phi) is 2.85. The molecule has 0 saturated carbocycles. The third kappa shape index (κ3) is 2.18. The fourth-order valence-corrected chi connectivity index (χ4v) is 1.49. The first-order chi connectivity index (χ1) is 7.66. The fourth-order valence-electron chi connectivity index (χ4n) is 1.49. The molecule has 1 heterocycles. The van der Waals surface area contributed by atoms with Crippen LogP contribution >= 0.6 is 0 Å². The van der Waals surface area contributed by atoms with E-state index in [1.54, 1.807) is 0 Å². The van der Waals surface area contributed by atoms with E-state index in [2.05, 4.69) is 5.10 Å². The van der Waals surface area contributed by atoms with Crippen molar-refractivity contribution >= 4 is 5.69 Å². The van der Waals surface area contributed by atoms with Gasteiger partial charge in [-0.2, -0.15) is 5.10 Å². The molecule has 3 nitrogen and oxygen atoms in total. The van der Waals surface area contributed by atoms with E-state index in [0.717, 1.165) is 5.56 Å². The summed E-state index contributed by atoms with van der Waals surface area (Å²) < 4.78 is 25.5. The van der Waals surface area contributed by atoms with Crippen molar-refractivity contribution in [3.63, 3.8) is 0 Å². The molecule has 2 N–H and O–H groups in total. The highest BCUT2D eigenvalue weighted by Gasteiger charge is 2.10. The molecule has 0 saturated heterocycles. The SMILES string of the molecule is Nc1cn(CC(F)F)nc1-c1ccccc1. The molecule has 2 rings (SSSR count). The maximum absolute atomic E-state index is 12.2. The summed E-state index contributed by atoms with van der Waals surface area (Å²) in [7, 11) is 0. The van der Waals surface area contributed by atoms with Crippen molar-refractivity contribution in [2.45, 2.75) is 13.0 Å². The highest BCUT2D eigenvalue weighted by atomic mass is 19.3. The van der Waals surface area contributed by atoms with Gasteiger partial charge >= 0.3 is 0 Å². The van der Waals surface area contributed by atoms with Gasteiger partial charge in [0.2, 0.25) is 0 Å². The topological polar surface area (TPSA) is 43.8 Å². The number of nitrogen functional groups attached to an aromatic ring is 1. The van der Waals surface area contributed by atoms with Gasteiger partial charge in [-0.3, -0.25) is 4.68 Å². The van der Waals surface area contributed by atoms with Crippen LogP contribution in [0.25, 0.3) is 11.3 Å². The predicted molar refractivity (Wildman–Crippen MR) is 58.1 cm³/mol. The highest BCUT2D eigenvalue weighted by molar-refractivity contribution is 5.71. The van der Waals surface area contributed by atoms with Crippen LogP contribution in [0, 0.1) is 0 Å². The zero-order valence-corrected chi connectivity index (χ0v) is 8.48. The van der Waals surface area contributed by atoms with Crippen LogP contribution in [0.5, 0.6) is 0 Å². The van der Waals surface area contributed by atoms with Crippen LogP contribution in [0.2, 0.25) is 0 Å². The Labute approximate surface area is 91.5 Å². The summed E-state index contributed by atoms with van der Waals surface area (Å²) in [6.07, 6.45) is -1.00. The minimum atomic E-state index is -2.43. The van der Waals surface area contributed by atoms with Gasteiger partial charge in [-0.05, 0) is 0 Å². The lowest BCUT2D eigenvalue weighted by atomic mass is 10.1. The minimum Gasteiger partial charge on any atom is -0.396 e. The third-order valence-corrected chi connectivity index (χ3v) is 2.16. The van der Waals surface area contributed by atoms with E-state index in [1.165, 1.54) is 10.9 Å². The predicted octanol–water partition coefficient (Wildman–Crippen LogP) is 2.40. The quantitative estimate of drug-likeness (QED) is 0.868. The molecule has 0 fully saturated rings. The van der Waals surface area contributed by atoms with E-state index in [4.69, 9.17) is 5.73 Å². The molecule has 84 valence electrons. The number of hydrogen-bond donors (Lipinski definition) is 1. The van der Waals surface area contributed by atoms with E-state index in [9.17, 15) is 8.78 Å². The molecule has 1 aromatic carbocycles. The first kappa shape index (κ1) is 10.6. The molecule has 0 unspecified atom stereocenters. The number of anilines is 1. The van der Waals surface area contributed by atoms with E-state index in [-0.39, 0.29) is 0 Å². The summed E-state index contributed by atoms with van der Waals surface area (Å²) >= 11 is 0. The molecule has 0 aliphatic carbocycles. The van der Waals surface area contributed by atoms with Crippen molar-refractivity contribution in [1.29, 1.82) is 0 Å². The molecule has 0 radical (unpaired) electrons. The van der Waals surface area contributed by atoms with E-state index in [1.807, 2.05) is 30.3 Å². The van der Waals surface area contributed by atoms with Gasteiger partial charge in [0.1, 0.15) is 12.2 Å². The normalized spacial score (nSPS) is 10.9. The molecule has 1 aromatic heterocycles. The minimum absolute atomic E-state index is 0.409. The van der Waals surface area contributed by atoms with E-state index < -0.39 is 13.0 Å². The van der Waals surface area contributed by atoms with Gasteiger partial charge in [0, 0.05) is 11.8 Å². The fraction of sp³-hybridized carbons (Fsp3) is 0.182. The number of nitrogens with zero attached hydrogens (tertiary/aromatic N) is 2. The van der Waals surface area contributed by atoms with Gasteiger partial charge in [0.05, 0.1) is 5.69 Å². The first-order valence-corrected chi connectivity index (χ1v) is 4.83. The molecular weight excluding hydrogens is 212 g/mol. The number of rotatable bonds is 3. The second-order valence-corrected chi connectivity index (χ2v) is 3.41. The van der Waals surface area contributed by atoms with Gasteiger partial charge in [0.25, 0.3) is 6.43 Å². The maximum Gasteiger partial charge on any atom is 0.257 e. The van der Waals surface area contributed by atoms with Gasteiger partial charge in [-0.25, -0.2) is 8.78 Å². The lowest BCUT2D eigenvalue weighted by Gasteiger charge is -1.99. The number of hydrogen-bond acceptors (Lipinski definition) is 2. The van der Waals surface area contributed by atoms with Gasteiger partial charge in [-0.15, -0.1) is 0 Å². The average molecular weight is 223 g/mol. The molecular formula is C11H11F2N3. The number of halogens is 2. The lowest BCUT2D eigenvalue weighted by molar-refractivity contribution is 0.122. The zero-order chi connectivity index (χ0) is 11.5. The Morgan fingerprint density at radius 3 is 2.56 bits per heavy atom. The molecule has 5 heteroatoms. The van der Waals surface area contributed by atoms with Crippen molar-refractivity contribution in [3.8, 4) is 11.3 Å². The Morgan fingerprint density at radius 2 is 1.94 bits per heavy atom. The monoisotopic (exact) mass is 223 g/mol. The molecule has 0 bridgehead atoms. The molecule has 2 aromatic rings. The number of aromatic nitrogens is 2. The number of nitrogens with two attached hydrogens (primary N) is 1. The number of benzene rings is 1. The summed E-state index contributed by atoms with van der Waals surface area (Å²) in [4.78, 5) is 0. The second kappa shape index (κ2) is 4.30. The Balaban J connectivity index is 2.32. The first-order valence-electron chi connectivity index (χ1n) is 4.83. The van der Waals surface area contributed by atoms with Crippen LogP contribution < -0.4 is 5.73 Å². The van der Waals surface area contributed by atoms with Crippen LogP contribution in [0.1, 0.15) is 0 Å². The molecule has 0 atom stereocenters. The van der Waals surface area contributed by atoms with E-state index in [0.29, 0.717) is 11.4 Å². The summed E-state index contributed by atoms with van der Waals surface area (Å²) in [5.41, 5.74) is 7.50. The largest absolute Gasteiger partial charge is 0.396 e. The van der Waals surface area contributed by atoms with Crippen LogP contribution in [-0.4, -0.2) is 16.2 Å². The maximum atomic E-state index is 12.2. The van der Waals surface area contributed by atoms with Gasteiger partial charge in [0.15, 0.2) is 0 Å². The van der Waals surface area contributed by atoms with Crippen molar-refractivity contribution < 1.29 is 8.78 Å². The summed E-state index contributed by atoms with van der Waals surface area (Å²) in [6, 6.07) is 9.24. The summed E-state index contributed by atoms with van der Waals surface area (Å²) in [6.45, 7) is -0.433. The van der Waals surface area contributed by atoms with Crippen molar-refractivity contribution in [3.05, 3.63) is 36.5 Å². The van der Waals surface area contributed by atoms with E-state index >= 15 is 0 Å². The zero-order valence-electron chi connectivity index (χ0n) is 8.48. The van der Waals surface area contributed by atoms with Gasteiger partial charge < -0.3 is 5.73 Å². The highest BCUT2D eigenvalue weighted by Crippen LogP contribution is 2.23.